The van der Waals surface area contributed by atoms with E-state index in [1.165, 1.54) is 6.20 Å². The fraction of sp³-hybridized carbons (Fsp3) is 0.235. The molecule has 0 bridgehead atoms. The van der Waals surface area contributed by atoms with Crippen LogP contribution < -0.4 is 5.32 Å². The number of carbonyl (C=O) groups excluding carboxylic acids is 2. The van der Waals surface area contributed by atoms with E-state index >= 15 is 0 Å². The topological polar surface area (TPSA) is 88.5 Å². The van der Waals surface area contributed by atoms with E-state index in [-0.39, 0.29) is 24.8 Å². The summed E-state index contributed by atoms with van der Waals surface area (Å²) in [6.45, 7) is 1.01. The Bertz CT molecular complexity index is 758. The Kier molecular flexibility index (Phi) is 4.45. The molecule has 1 heterocycles. The van der Waals surface area contributed by atoms with E-state index in [0.717, 1.165) is 0 Å². The van der Waals surface area contributed by atoms with Crippen molar-refractivity contribution in [2.45, 2.75) is 0 Å². The minimum Gasteiger partial charge on any atom is -0.394 e. The number of nitrogens with zero attached hydrogens (tertiary/aromatic N) is 1. The molecule has 2 aromatic rings. The summed E-state index contributed by atoms with van der Waals surface area (Å²) >= 11 is 0. The van der Waals surface area contributed by atoms with Gasteiger partial charge < -0.3 is 15.2 Å². The molecular formula is C17H16N2O4. The molecule has 6 nitrogen and oxygen atoms in total. The van der Waals surface area contributed by atoms with Gasteiger partial charge in [-0.05, 0) is 6.07 Å². The number of ketones is 2. The third-order valence-corrected chi connectivity index (χ3v) is 3.61. The summed E-state index contributed by atoms with van der Waals surface area (Å²) in [6.07, 6.45) is 1.51. The summed E-state index contributed by atoms with van der Waals surface area (Å²) in [5.74, 6) is 0.00204. The third kappa shape index (κ3) is 2.86. The number of nitrogens with one attached hydrogen (secondary N) is 1. The number of aliphatic hydroxyl groups excluding tert-OH is 1. The summed E-state index contributed by atoms with van der Waals surface area (Å²) in [4.78, 5) is 29.5. The van der Waals surface area contributed by atoms with E-state index in [9.17, 15) is 9.59 Å². The van der Waals surface area contributed by atoms with Crippen molar-refractivity contribution < 1.29 is 19.4 Å². The number of benzene rings is 1. The smallest absolute Gasteiger partial charge is 0.198 e. The number of aromatic nitrogens is 1. The van der Waals surface area contributed by atoms with Gasteiger partial charge in [-0.1, -0.05) is 24.3 Å². The molecule has 6 heteroatoms. The molecule has 1 aromatic heterocycles. The van der Waals surface area contributed by atoms with E-state index in [1.807, 2.05) is 0 Å². The van der Waals surface area contributed by atoms with Gasteiger partial charge in [0.2, 0.25) is 0 Å². The van der Waals surface area contributed by atoms with E-state index < -0.39 is 0 Å². The number of hydrogen-bond acceptors (Lipinski definition) is 6. The minimum atomic E-state index is -0.206. The van der Waals surface area contributed by atoms with Crippen molar-refractivity contribution in [3.05, 3.63) is 58.8 Å². The molecule has 3 rings (SSSR count). The number of pyridine rings is 1. The molecule has 0 saturated carbocycles. The highest BCUT2D eigenvalue weighted by atomic mass is 16.5. The van der Waals surface area contributed by atoms with E-state index in [0.29, 0.717) is 41.2 Å². The monoisotopic (exact) mass is 312 g/mol. The fourth-order valence-corrected chi connectivity index (χ4v) is 2.58. The van der Waals surface area contributed by atoms with Crippen LogP contribution in [0.4, 0.5) is 5.82 Å². The zero-order valence-corrected chi connectivity index (χ0v) is 12.4. The normalized spacial score (nSPS) is 12.7. The SMILES string of the molecule is O=C1c2ccccc2C(=O)c2c1ccnc2NCCOCCO. The second kappa shape index (κ2) is 6.68. The molecule has 0 amide bonds. The van der Waals surface area contributed by atoms with Crippen molar-refractivity contribution in [1.29, 1.82) is 0 Å². The van der Waals surface area contributed by atoms with Gasteiger partial charge >= 0.3 is 0 Å². The number of carbonyl (C=O) groups is 2. The van der Waals surface area contributed by atoms with Gasteiger partial charge in [-0.3, -0.25) is 9.59 Å². The lowest BCUT2D eigenvalue weighted by molar-refractivity contribution is 0.0977. The summed E-state index contributed by atoms with van der Waals surface area (Å²) in [7, 11) is 0. The average molecular weight is 312 g/mol. The maximum Gasteiger partial charge on any atom is 0.198 e. The molecule has 1 aromatic carbocycles. The standard InChI is InChI=1S/C17H16N2O4/c20-8-10-23-9-7-19-17-14-13(5-6-18-17)15(21)11-3-1-2-4-12(11)16(14)22/h1-6,20H,7-10H2,(H,18,19). The molecule has 0 radical (unpaired) electrons. The van der Waals surface area contributed by atoms with Crippen molar-refractivity contribution in [2.75, 3.05) is 31.7 Å². The van der Waals surface area contributed by atoms with Crippen LogP contribution in [0.2, 0.25) is 0 Å². The number of aliphatic hydroxyl groups is 1. The first kappa shape index (κ1) is 15.3. The zero-order chi connectivity index (χ0) is 16.2. The first-order valence-corrected chi connectivity index (χ1v) is 7.34. The molecule has 0 aliphatic heterocycles. The van der Waals surface area contributed by atoms with Gasteiger partial charge in [-0.25, -0.2) is 4.98 Å². The Morgan fingerprint density at radius 2 is 1.74 bits per heavy atom. The highest BCUT2D eigenvalue weighted by molar-refractivity contribution is 6.29. The van der Waals surface area contributed by atoms with Gasteiger partial charge in [0.1, 0.15) is 5.82 Å². The Labute approximate surface area is 133 Å². The van der Waals surface area contributed by atoms with Gasteiger partial charge in [0.05, 0.1) is 25.4 Å². The highest BCUT2D eigenvalue weighted by Crippen LogP contribution is 2.30. The molecule has 118 valence electrons. The molecule has 0 unspecified atom stereocenters. The van der Waals surface area contributed by atoms with Crippen LogP contribution in [-0.2, 0) is 4.74 Å². The zero-order valence-electron chi connectivity index (χ0n) is 12.4. The molecule has 0 spiro atoms. The summed E-state index contributed by atoms with van der Waals surface area (Å²) < 4.78 is 5.16. The lowest BCUT2D eigenvalue weighted by Crippen LogP contribution is -2.24. The minimum absolute atomic E-state index is 0.0389. The number of anilines is 1. The average Bonchev–Trinajstić information content (AvgIpc) is 2.59. The van der Waals surface area contributed by atoms with Crippen LogP contribution >= 0.6 is 0 Å². The first-order chi connectivity index (χ1) is 11.2. The van der Waals surface area contributed by atoms with Gasteiger partial charge in [-0.15, -0.1) is 0 Å². The lowest BCUT2D eigenvalue weighted by Gasteiger charge is -2.19. The molecule has 0 saturated heterocycles. The molecule has 2 N–H and O–H groups in total. The number of hydrogen-bond donors (Lipinski definition) is 2. The lowest BCUT2D eigenvalue weighted by atomic mass is 9.84. The maximum atomic E-state index is 12.7. The molecule has 1 aliphatic carbocycles. The molecule has 0 fully saturated rings. The van der Waals surface area contributed by atoms with Gasteiger partial charge in [0.25, 0.3) is 0 Å². The maximum absolute atomic E-state index is 12.7. The van der Waals surface area contributed by atoms with Crippen LogP contribution in [0.3, 0.4) is 0 Å². The summed E-state index contributed by atoms with van der Waals surface area (Å²) in [5.41, 5.74) is 1.49. The van der Waals surface area contributed by atoms with Crippen molar-refractivity contribution in [2.24, 2.45) is 0 Å². The molecule has 0 atom stereocenters. The van der Waals surface area contributed by atoms with Crippen LogP contribution in [0.1, 0.15) is 31.8 Å². The van der Waals surface area contributed by atoms with Gasteiger partial charge in [0, 0.05) is 29.4 Å². The first-order valence-electron chi connectivity index (χ1n) is 7.34. The Balaban J connectivity index is 1.88. The summed E-state index contributed by atoms with van der Waals surface area (Å²) in [5, 5.41) is 11.7. The van der Waals surface area contributed by atoms with Crippen molar-refractivity contribution in [1.82, 2.24) is 4.98 Å². The largest absolute Gasteiger partial charge is 0.394 e. The van der Waals surface area contributed by atoms with Crippen molar-refractivity contribution in [3.8, 4) is 0 Å². The van der Waals surface area contributed by atoms with Crippen LogP contribution in [0.5, 0.6) is 0 Å². The van der Waals surface area contributed by atoms with Crippen molar-refractivity contribution in [3.63, 3.8) is 0 Å². The molecular weight excluding hydrogens is 296 g/mol. The number of fused-ring (bicyclic) bond motifs is 2. The predicted molar refractivity (Wildman–Crippen MR) is 83.9 cm³/mol. The van der Waals surface area contributed by atoms with E-state index in [1.54, 1.807) is 30.3 Å². The summed E-state index contributed by atoms with van der Waals surface area (Å²) in [6, 6.07) is 8.36. The van der Waals surface area contributed by atoms with Crippen LogP contribution in [0, 0.1) is 0 Å². The predicted octanol–water partition coefficient (Wildman–Crippen LogP) is 1.28. The van der Waals surface area contributed by atoms with E-state index in [2.05, 4.69) is 10.3 Å². The second-order valence-electron chi connectivity index (χ2n) is 5.05. The highest BCUT2D eigenvalue weighted by Gasteiger charge is 2.31. The Morgan fingerprint density at radius 3 is 2.48 bits per heavy atom. The fourth-order valence-electron chi connectivity index (χ4n) is 2.58. The second-order valence-corrected chi connectivity index (χ2v) is 5.05. The Hall–Kier alpha value is -2.57. The quantitative estimate of drug-likeness (QED) is 0.667. The van der Waals surface area contributed by atoms with E-state index in [4.69, 9.17) is 9.84 Å². The third-order valence-electron chi connectivity index (χ3n) is 3.61. The molecule has 23 heavy (non-hydrogen) atoms. The van der Waals surface area contributed by atoms with Crippen molar-refractivity contribution >= 4 is 17.4 Å². The number of rotatable bonds is 6. The Morgan fingerprint density at radius 1 is 1.00 bits per heavy atom. The van der Waals surface area contributed by atoms with Crippen LogP contribution in [0.25, 0.3) is 0 Å². The number of ether oxygens (including phenoxy) is 1. The van der Waals surface area contributed by atoms with Crippen LogP contribution in [0.15, 0.2) is 36.5 Å². The van der Waals surface area contributed by atoms with Crippen LogP contribution in [-0.4, -0.2) is 48.0 Å². The van der Waals surface area contributed by atoms with Gasteiger partial charge in [0.15, 0.2) is 11.6 Å². The molecule has 1 aliphatic rings. The van der Waals surface area contributed by atoms with Gasteiger partial charge in [-0.2, -0.15) is 0 Å².